The summed E-state index contributed by atoms with van der Waals surface area (Å²) in [6, 6.07) is 6.63. The van der Waals surface area contributed by atoms with Gasteiger partial charge in [-0.1, -0.05) is 12.1 Å². The lowest BCUT2D eigenvalue weighted by atomic mass is 10.2. The zero-order valence-corrected chi connectivity index (χ0v) is 12.3. The van der Waals surface area contributed by atoms with Gasteiger partial charge in [0.2, 0.25) is 5.95 Å². The molecule has 8 heteroatoms. The van der Waals surface area contributed by atoms with Gasteiger partial charge in [0.1, 0.15) is 5.75 Å². The van der Waals surface area contributed by atoms with Crippen molar-refractivity contribution < 1.29 is 14.2 Å². The number of hydrazone groups is 1. The molecule has 3 rings (SSSR count). The Morgan fingerprint density at radius 3 is 2.96 bits per heavy atom. The zero-order valence-electron chi connectivity index (χ0n) is 12.3. The molecule has 120 valence electrons. The Labute approximate surface area is 132 Å². The number of ether oxygens (including phenoxy) is 1. The summed E-state index contributed by atoms with van der Waals surface area (Å²) < 4.78 is 19.1. The summed E-state index contributed by atoms with van der Waals surface area (Å²) in [6.07, 6.45) is 2.63. The fourth-order valence-corrected chi connectivity index (χ4v) is 2.18. The van der Waals surface area contributed by atoms with Gasteiger partial charge in [-0.05, 0) is 17.7 Å². The van der Waals surface area contributed by atoms with Gasteiger partial charge in [0.15, 0.2) is 11.6 Å². The molecule has 1 saturated heterocycles. The van der Waals surface area contributed by atoms with Crippen LogP contribution in [0.1, 0.15) is 5.56 Å². The third-order valence-corrected chi connectivity index (χ3v) is 3.28. The van der Waals surface area contributed by atoms with Crippen LogP contribution in [0.4, 0.5) is 16.2 Å². The number of halogens is 1. The minimum Gasteiger partial charge on any atom is -0.508 e. The lowest BCUT2D eigenvalue weighted by molar-refractivity contribution is 0.122. The van der Waals surface area contributed by atoms with E-state index in [9.17, 15) is 9.50 Å². The molecule has 23 heavy (non-hydrogen) atoms. The first-order chi connectivity index (χ1) is 11.2. The quantitative estimate of drug-likeness (QED) is 0.658. The zero-order chi connectivity index (χ0) is 16.1. The van der Waals surface area contributed by atoms with Crippen LogP contribution in [0.5, 0.6) is 5.75 Å². The van der Waals surface area contributed by atoms with Gasteiger partial charge in [0.05, 0.1) is 25.6 Å². The fraction of sp³-hybridized carbons (Fsp3) is 0.267. The second-order valence-corrected chi connectivity index (χ2v) is 4.93. The predicted octanol–water partition coefficient (Wildman–Crippen LogP) is 1.60. The largest absolute Gasteiger partial charge is 0.508 e. The number of aromatic hydroxyl groups is 1. The van der Waals surface area contributed by atoms with E-state index in [1.165, 1.54) is 6.21 Å². The highest BCUT2D eigenvalue weighted by Gasteiger charge is 2.17. The minimum atomic E-state index is -0.477. The van der Waals surface area contributed by atoms with Gasteiger partial charge >= 0.3 is 0 Å². The molecule has 2 heterocycles. The molecule has 1 aromatic heterocycles. The van der Waals surface area contributed by atoms with Crippen molar-refractivity contribution in [3.05, 3.63) is 41.8 Å². The lowest BCUT2D eigenvalue weighted by Crippen LogP contribution is -2.37. The Balaban J connectivity index is 1.70. The number of phenols is 1. The first kappa shape index (κ1) is 15.2. The molecule has 1 fully saturated rings. The first-order valence-electron chi connectivity index (χ1n) is 7.16. The van der Waals surface area contributed by atoms with Crippen LogP contribution in [-0.2, 0) is 4.74 Å². The Bertz CT molecular complexity index is 704. The molecule has 0 atom stereocenters. The van der Waals surface area contributed by atoms with Crippen molar-refractivity contribution in [3.63, 3.8) is 0 Å². The molecule has 0 unspecified atom stereocenters. The molecule has 0 amide bonds. The average molecular weight is 317 g/mol. The van der Waals surface area contributed by atoms with Crippen LogP contribution in [0.2, 0.25) is 0 Å². The Kier molecular flexibility index (Phi) is 4.62. The lowest BCUT2D eigenvalue weighted by Gasteiger charge is -2.27. The number of hydrogen-bond acceptors (Lipinski definition) is 7. The highest BCUT2D eigenvalue weighted by atomic mass is 19.1. The van der Waals surface area contributed by atoms with E-state index < -0.39 is 5.82 Å². The van der Waals surface area contributed by atoms with E-state index in [0.717, 1.165) is 6.20 Å². The van der Waals surface area contributed by atoms with Crippen molar-refractivity contribution in [2.45, 2.75) is 0 Å². The molecule has 2 aromatic rings. The molecular weight excluding hydrogens is 301 g/mol. The topological polar surface area (TPSA) is 82.9 Å². The van der Waals surface area contributed by atoms with E-state index in [1.54, 1.807) is 24.3 Å². The molecule has 0 bridgehead atoms. The fourth-order valence-electron chi connectivity index (χ4n) is 2.18. The third kappa shape index (κ3) is 3.92. The highest BCUT2D eigenvalue weighted by molar-refractivity contribution is 5.80. The van der Waals surface area contributed by atoms with Crippen LogP contribution < -0.4 is 10.3 Å². The van der Waals surface area contributed by atoms with Gasteiger partial charge in [0.25, 0.3) is 0 Å². The number of nitrogens with one attached hydrogen (secondary N) is 1. The number of rotatable bonds is 4. The molecule has 2 N–H and O–H groups in total. The molecule has 1 aliphatic rings. The molecular formula is C15H16FN5O2. The van der Waals surface area contributed by atoms with Crippen LogP contribution in [0.25, 0.3) is 0 Å². The number of hydrogen-bond donors (Lipinski definition) is 2. The Morgan fingerprint density at radius 2 is 2.17 bits per heavy atom. The van der Waals surface area contributed by atoms with E-state index in [0.29, 0.717) is 31.9 Å². The van der Waals surface area contributed by atoms with E-state index in [1.807, 2.05) is 4.90 Å². The van der Waals surface area contributed by atoms with Crippen LogP contribution in [-0.4, -0.2) is 47.6 Å². The van der Waals surface area contributed by atoms with Gasteiger partial charge < -0.3 is 14.7 Å². The smallest absolute Gasteiger partial charge is 0.245 e. The second-order valence-electron chi connectivity index (χ2n) is 4.93. The molecule has 0 spiro atoms. The summed E-state index contributed by atoms with van der Waals surface area (Å²) in [5, 5.41) is 13.4. The molecule has 0 radical (unpaired) electrons. The summed E-state index contributed by atoms with van der Waals surface area (Å²) in [4.78, 5) is 9.83. The minimum absolute atomic E-state index is 0.154. The van der Waals surface area contributed by atoms with Gasteiger partial charge in [0, 0.05) is 13.1 Å². The highest BCUT2D eigenvalue weighted by Crippen LogP contribution is 2.18. The maximum atomic E-state index is 13.9. The van der Waals surface area contributed by atoms with E-state index in [2.05, 4.69) is 20.5 Å². The number of benzene rings is 1. The average Bonchev–Trinajstić information content (AvgIpc) is 2.57. The number of morpholine rings is 1. The van der Waals surface area contributed by atoms with Crippen molar-refractivity contribution in [2.75, 3.05) is 36.6 Å². The summed E-state index contributed by atoms with van der Waals surface area (Å²) >= 11 is 0. The normalized spacial score (nSPS) is 15.1. The van der Waals surface area contributed by atoms with Crippen molar-refractivity contribution in [1.82, 2.24) is 9.97 Å². The monoisotopic (exact) mass is 317 g/mol. The van der Waals surface area contributed by atoms with Crippen molar-refractivity contribution in [2.24, 2.45) is 5.10 Å². The molecule has 0 saturated carbocycles. The molecule has 0 aliphatic carbocycles. The van der Waals surface area contributed by atoms with Gasteiger partial charge in [-0.3, -0.25) is 0 Å². The van der Waals surface area contributed by atoms with Crippen LogP contribution in [0, 0.1) is 5.82 Å². The van der Waals surface area contributed by atoms with E-state index >= 15 is 0 Å². The Hall–Kier alpha value is -2.74. The van der Waals surface area contributed by atoms with Gasteiger partial charge in [-0.25, -0.2) is 14.8 Å². The summed E-state index contributed by atoms with van der Waals surface area (Å²) in [5.41, 5.74) is 3.38. The van der Waals surface area contributed by atoms with E-state index in [-0.39, 0.29) is 17.5 Å². The van der Waals surface area contributed by atoms with Crippen LogP contribution in [0.3, 0.4) is 0 Å². The van der Waals surface area contributed by atoms with Crippen molar-refractivity contribution >= 4 is 18.0 Å². The Morgan fingerprint density at radius 1 is 1.35 bits per heavy atom. The maximum Gasteiger partial charge on any atom is 0.245 e. The molecule has 7 nitrogen and oxygen atoms in total. The summed E-state index contributed by atoms with van der Waals surface area (Å²) in [7, 11) is 0. The van der Waals surface area contributed by atoms with Gasteiger partial charge in [-0.2, -0.15) is 10.1 Å². The summed E-state index contributed by atoms with van der Waals surface area (Å²) in [6.45, 7) is 2.25. The first-order valence-corrected chi connectivity index (χ1v) is 7.16. The van der Waals surface area contributed by atoms with Gasteiger partial charge in [-0.15, -0.1) is 0 Å². The number of anilines is 2. The van der Waals surface area contributed by atoms with E-state index in [4.69, 9.17) is 4.74 Å². The van der Waals surface area contributed by atoms with Crippen LogP contribution >= 0.6 is 0 Å². The van der Waals surface area contributed by atoms with Crippen molar-refractivity contribution in [1.29, 1.82) is 0 Å². The second kappa shape index (κ2) is 7.01. The maximum absolute atomic E-state index is 13.9. The number of aromatic nitrogens is 2. The molecule has 1 aromatic carbocycles. The van der Waals surface area contributed by atoms with Crippen molar-refractivity contribution in [3.8, 4) is 5.75 Å². The standard InChI is InChI=1S/C15H16FN5O2/c16-13-10-17-15(19-14(13)21-4-6-23-7-5-21)20-18-9-11-2-1-3-12(22)8-11/h1-3,8-10,22H,4-7H2,(H,17,19,20). The number of nitrogens with zero attached hydrogens (tertiary/aromatic N) is 4. The predicted molar refractivity (Wildman–Crippen MR) is 84.3 cm³/mol. The summed E-state index contributed by atoms with van der Waals surface area (Å²) in [5.74, 6) is 0.110. The van der Waals surface area contributed by atoms with Crippen LogP contribution in [0.15, 0.2) is 35.6 Å². The SMILES string of the molecule is Oc1cccc(C=NNc2ncc(F)c(N3CCOCC3)n2)c1. The third-order valence-electron chi connectivity index (χ3n) is 3.28. The molecule has 1 aliphatic heterocycles. The number of phenolic OH excluding ortho intramolecular Hbond substituents is 1.